The number of guanidine groups is 2. The number of rotatable bonds is 2. The Labute approximate surface area is 134 Å². The van der Waals surface area contributed by atoms with E-state index in [1.165, 1.54) is 6.42 Å². The van der Waals surface area contributed by atoms with Crippen LogP contribution in [-0.2, 0) is 6.61 Å². The van der Waals surface area contributed by atoms with E-state index < -0.39 is 5.66 Å². The van der Waals surface area contributed by atoms with Gasteiger partial charge < -0.3 is 16.6 Å². The molecule has 5 N–H and O–H groups in total. The van der Waals surface area contributed by atoms with Gasteiger partial charge in [0.1, 0.15) is 5.66 Å². The predicted octanol–water partition coefficient (Wildman–Crippen LogP) is 1.94. The largest absolute Gasteiger partial charge is 0.392 e. The van der Waals surface area contributed by atoms with Crippen LogP contribution in [0.25, 0.3) is 0 Å². The van der Waals surface area contributed by atoms with Gasteiger partial charge in [0.15, 0.2) is 0 Å². The zero-order valence-corrected chi connectivity index (χ0v) is 13.1. The summed E-state index contributed by atoms with van der Waals surface area (Å²) in [5.41, 5.74) is 13.0. The van der Waals surface area contributed by atoms with Crippen molar-refractivity contribution < 1.29 is 5.11 Å². The van der Waals surface area contributed by atoms with Crippen LogP contribution in [0, 0.1) is 0 Å². The highest BCUT2D eigenvalue weighted by Gasteiger charge is 2.43. The van der Waals surface area contributed by atoms with Gasteiger partial charge in [-0.2, -0.15) is 4.99 Å². The number of aliphatic hydroxyl groups is 1. The smallest absolute Gasteiger partial charge is 0.220 e. The summed E-state index contributed by atoms with van der Waals surface area (Å²) in [5, 5.41) is 10.2. The summed E-state index contributed by atoms with van der Waals surface area (Å²) >= 11 is 6.03. The van der Waals surface area contributed by atoms with Crippen LogP contribution in [0.3, 0.4) is 0 Å². The van der Waals surface area contributed by atoms with Gasteiger partial charge >= 0.3 is 0 Å². The van der Waals surface area contributed by atoms with Crippen molar-refractivity contribution >= 4 is 29.2 Å². The van der Waals surface area contributed by atoms with E-state index in [0.717, 1.165) is 31.4 Å². The number of hydrogen-bond acceptors (Lipinski definition) is 6. The molecular weight excluding hydrogens is 302 g/mol. The quantitative estimate of drug-likeness (QED) is 0.775. The first-order valence-corrected chi connectivity index (χ1v) is 7.82. The van der Waals surface area contributed by atoms with E-state index in [4.69, 9.17) is 23.1 Å². The Morgan fingerprint density at radius 3 is 2.64 bits per heavy atom. The number of hydrogen-bond donors (Lipinski definition) is 3. The van der Waals surface area contributed by atoms with Crippen molar-refractivity contribution in [2.75, 3.05) is 4.90 Å². The first-order chi connectivity index (χ1) is 10.6. The summed E-state index contributed by atoms with van der Waals surface area (Å²) in [5.74, 6) is 0.529. The van der Waals surface area contributed by atoms with Gasteiger partial charge in [-0.3, -0.25) is 4.90 Å². The Balaban J connectivity index is 2.12. The summed E-state index contributed by atoms with van der Waals surface area (Å²) < 4.78 is 0. The Morgan fingerprint density at radius 1 is 1.23 bits per heavy atom. The molecule has 22 heavy (non-hydrogen) atoms. The van der Waals surface area contributed by atoms with Crippen LogP contribution in [0.15, 0.2) is 28.2 Å². The molecule has 0 unspecified atom stereocenters. The number of nitrogens with zero attached hydrogens (tertiary/aromatic N) is 3. The topological polar surface area (TPSA) is 100 Å². The van der Waals surface area contributed by atoms with Crippen LogP contribution in [0.5, 0.6) is 0 Å². The summed E-state index contributed by atoms with van der Waals surface area (Å²) in [6, 6.07) is 5.37. The fourth-order valence-electron chi connectivity index (χ4n) is 3.37. The monoisotopic (exact) mass is 321 g/mol. The number of benzene rings is 1. The highest BCUT2D eigenvalue weighted by molar-refractivity contribution is 6.30. The van der Waals surface area contributed by atoms with Crippen molar-refractivity contribution in [3.8, 4) is 0 Å². The summed E-state index contributed by atoms with van der Waals surface area (Å²) in [6.07, 6.45) is 5.01. The van der Waals surface area contributed by atoms with Gasteiger partial charge in [0.25, 0.3) is 0 Å². The third-order valence-electron chi connectivity index (χ3n) is 4.30. The van der Waals surface area contributed by atoms with Crippen molar-refractivity contribution in [1.82, 2.24) is 0 Å². The van der Waals surface area contributed by atoms with Gasteiger partial charge in [-0.25, -0.2) is 4.99 Å². The number of nitrogens with two attached hydrogens (primary N) is 2. The third-order valence-corrected chi connectivity index (χ3v) is 4.54. The minimum absolute atomic E-state index is 0.130. The second-order valence-electron chi connectivity index (χ2n) is 5.75. The fourth-order valence-corrected chi connectivity index (χ4v) is 3.56. The van der Waals surface area contributed by atoms with E-state index in [2.05, 4.69) is 9.98 Å². The molecule has 0 amide bonds. The molecule has 1 aliphatic heterocycles. The van der Waals surface area contributed by atoms with E-state index in [0.29, 0.717) is 16.5 Å². The maximum atomic E-state index is 9.67. The molecule has 1 fully saturated rings. The molecule has 0 aromatic heterocycles. The highest BCUT2D eigenvalue weighted by atomic mass is 35.5. The standard InChI is InChI=1S/C15H20ClN5O/c16-11-4-5-12(10(8-11)9-22)21-14(18)19-13(17)20-15(21)6-2-1-3-7-15/h4-5,8,22H,1-3,6-7,9H2,(H4,17,18,19,20). The van der Waals surface area contributed by atoms with Crippen molar-refractivity contribution in [3.63, 3.8) is 0 Å². The average Bonchev–Trinajstić information content (AvgIpc) is 2.48. The second kappa shape index (κ2) is 5.78. The average molecular weight is 322 g/mol. The van der Waals surface area contributed by atoms with E-state index in [-0.39, 0.29) is 12.6 Å². The van der Waals surface area contributed by atoms with Gasteiger partial charge in [-0.1, -0.05) is 18.0 Å². The van der Waals surface area contributed by atoms with Crippen molar-refractivity contribution in [1.29, 1.82) is 0 Å². The molecule has 1 spiro atoms. The Morgan fingerprint density at radius 2 is 1.95 bits per heavy atom. The fraction of sp³-hybridized carbons (Fsp3) is 0.467. The van der Waals surface area contributed by atoms with Crippen molar-refractivity contribution in [2.45, 2.75) is 44.4 Å². The molecule has 2 aliphatic rings. The van der Waals surface area contributed by atoms with Gasteiger partial charge in [0.05, 0.1) is 12.3 Å². The van der Waals surface area contributed by atoms with Gasteiger partial charge in [0, 0.05) is 10.6 Å². The zero-order valence-electron chi connectivity index (χ0n) is 12.3. The third kappa shape index (κ3) is 2.53. The molecule has 0 atom stereocenters. The zero-order chi connectivity index (χ0) is 15.7. The second-order valence-corrected chi connectivity index (χ2v) is 6.19. The molecule has 3 rings (SSSR count). The molecule has 0 bridgehead atoms. The van der Waals surface area contributed by atoms with Crippen molar-refractivity contribution in [3.05, 3.63) is 28.8 Å². The highest BCUT2D eigenvalue weighted by Crippen LogP contribution is 2.40. The minimum atomic E-state index is -0.508. The molecule has 0 saturated heterocycles. The molecular formula is C15H20ClN5O. The molecule has 7 heteroatoms. The van der Waals surface area contributed by atoms with Crippen molar-refractivity contribution in [2.24, 2.45) is 21.5 Å². The van der Waals surface area contributed by atoms with E-state index in [9.17, 15) is 5.11 Å². The molecule has 1 saturated carbocycles. The van der Waals surface area contributed by atoms with E-state index >= 15 is 0 Å². The van der Waals surface area contributed by atoms with E-state index in [1.807, 2.05) is 11.0 Å². The number of aliphatic hydroxyl groups excluding tert-OH is 1. The van der Waals surface area contributed by atoms with Crippen LogP contribution < -0.4 is 16.4 Å². The molecule has 0 radical (unpaired) electrons. The summed E-state index contributed by atoms with van der Waals surface area (Å²) in [7, 11) is 0. The normalized spacial score (nSPS) is 20.7. The molecule has 118 valence electrons. The first-order valence-electron chi connectivity index (χ1n) is 7.45. The van der Waals surface area contributed by atoms with Crippen LogP contribution in [0.1, 0.15) is 37.7 Å². The predicted molar refractivity (Wildman–Crippen MR) is 88.9 cm³/mol. The van der Waals surface area contributed by atoms with Crippen LogP contribution in [0.2, 0.25) is 5.02 Å². The van der Waals surface area contributed by atoms with Gasteiger partial charge in [-0.15, -0.1) is 0 Å². The van der Waals surface area contributed by atoms with E-state index in [1.54, 1.807) is 12.1 Å². The Bertz CT molecular complexity index is 637. The maximum Gasteiger partial charge on any atom is 0.220 e. The van der Waals surface area contributed by atoms with Gasteiger partial charge in [0.2, 0.25) is 11.9 Å². The Kier molecular flexibility index (Phi) is 3.97. The lowest BCUT2D eigenvalue weighted by Gasteiger charge is -2.46. The minimum Gasteiger partial charge on any atom is -0.392 e. The lowest BCUT2D eigenvalue weighted by atomic mass is 9.87. The van der Waals surface area contributed by atoms with Crippen LogP contribution in [-0.4, -0.2) is 22.7 Å². The lowest BCUT2D eigenvalue weighted by molar-refractivity contribution is 0.278. The van der Waals surface area contributed by atoms with Crippen LogP contribution in [0.4, 0.5) is 5.69 Å². The first kappa shape index (κ1) is 15.1. The number of aliphatic imine (C=N–C) groups is 2. The molecule has 1 aromatic carbocycles. The number of halogens is 1. The summed E-state index contributed by atoms with van der Waals surface area (Å²) in [6.45, 7) is -0.130. The maximum absolute atomic E-state index is 9.67. The van der Waals surface area contributed by atoms with Gasteiger partial charge in [-0.05, 0) is 43.9 Å². The molecule has 1 aromatic rings. The molecule has 6 nitrogen and oxygen atoms in total. The lowest BCUT2D eigenvalue weighted by Crippen LogP contribution is -2.58. The summed E-state index contributed by atoms with van der Waals surface area (Å²) in [4.78, 5) is 10.6. The molecule has 1 heterocycles. The number of anilines is 1. The molecule has 1 aliphatic carbocycles. The SMILES string of the molecule is NC1=NC2(CCCCC2)N(c2ccc(Cl)cc2CO)C(N)=N1. The Hall–Kier alpha value is -1.79. The van der Waals surface area contributed by atoms with Crippen LogP contribution >= 0.6 is 11.6 Å².